The molecule has 0 bridgehead atoms. The molecular weight excluding hydrogens is 358 g/mol. The van der Waals surface area contributed by atoms with Gasteiger partial charge in [-0.05, 0) is 29.3 Å². The van der Waals surface area contributed by atoms with E-state index in [9.17, 15) is 20.0 Å². The van der Waals surface area contributed by atoms with E-state index >= 15 is 0 Å². The van der Waals surface area contributed by atoms with Crippen molar-refractivity contribution < 1.29 is 19.6 Å². The van der Waals surface area contributed by atoms with Crippen molar-refractivity contribution in [3.8, 4) is 11.5 Å². The number of hydrazone groups is 1. The first-order chi connectivity index (χ1) is 12.5. The molecule has 26 heavy (non-hydrogen) atoms. The predicted molar refractivity (Wildman–Crippen MR) is 99.7 cm³/mol. The van der Waals surface area contributed by atoms with Crippen molar-refractivity contribution in [3.05, 3.63) is 63.7 Å². The van der Waals surface area contributed by atoms with Crippen LogP contribution in [0.15, 0.2) is 47.6 Å². The Hall–Kier alpha value is -3.07. The van der Waals surface area contributed by atoms with Crippen LogP contribution < -0.4 is 10.2 Å². The molecule has 9 heteroatoms. The van der Waals surface area contributed by atoms with Crippen LogP contribution in [0, 0.1) is 10.1 Å². The number of benzene rings is 2. The summed E-state index contributed by atoms with van der Waals surface area (Å²) in [5.74, 6) is 0.839. The van der Waals surface area contributed by atoms with Crippen LogP contribution in [0.2, 0.25) is 0 Å². The van der Waals surface area contributed by atoms with Crippen LogP contribution in [0.3, 0.4) is 0 Å². The van der Waals surface area contributed by atoms with Crippen LogP contribution in [-0.4, -0.2) is 35.0 Å². The van der Waals surface area contributed by atoms with Crippen molar-refractivity contribution >= 4 is 29.6 Å². The number of phenolic OH excluding ortho intramolecular Hbond substituents is 1. The number of amides is 1. The number of nitro benzene ring substituents is 1. The molecule has 0 aromatic heterocycles. The Balaban J connectivity index is 1.75. The van der Waals surface area contributed by atoms with Crippen molar-refractivity contribution in [3.63, 3.8) is 0 Å². The largest absolute Gasteiger partial charge is 0.504 e. The van der Waals surface area contributed by atoms with Gasteiger partial charge in [-0.1, -0.05) is 12.1 Å². The zero-order valence-electron chi connectivity index (χ0n) is 13.9. The highest BCUT2D eigenvalue weighted by atomic mass is 32.2. The number of phenols is 1. The van der Waals surface area contributed by atoms with Gasteiger partial charge in [0.1, 0.15) is 0 Å². The lowest BCUT2D eigenvalue weighted by Crippen LogP contribution is -2.19. The summed E-state index contributed by atoms with van der Waals surface area (Å²) in [6, 6.07) is 10.9. The lowest BCUT2D eigenvalue weighted by atomic mass is 10.2. The smallest absolute Gasteiger partial charge is 0.269 e. The Kier molecular flexibility index (Phi) is 6.98. The molecule has 136 valence electrons. The number of methoxy groups -OCH3 is 1. The first-order valence-electron chi connectivity index (χ1n) is 7.49. The van der Waals surface area contributed by atoms with Gasteiger partial charge in [0.05, 0.1) is 24.0 Å². The Bertz CT molecular complexity index is 809. The van der Waals surface area contributed by atoms with Crippen LogP contribution in [0.25, 0.3) is 0 Å². The minimum atomic E-state index is -0.452. The van der Waals surface area contributed by atoms with E-state index in [1.54, 1.807) is 24.3 Å². The van der Waals surface area contributed by atoms with Gasteiger partial charge in [0.15, 0.2) is 11.5 Å². The highest BCUT2D eigenvalue weighted by molar-refractivity contribution is 7.99. The molecular formula is C17H17N3O5S. The first-order valence-corrected chi connectivity index (χ1v) is 8.65. The molecule has 0 aliphatic carbocycles. The molecule has 0 spiro atoms. The van der Waals surface area contributed by atoms with Crippen molar-refractivity contribution in [1.29, 1.82) is 0 Å². The standard InChI is InChI=1S/C17H17N3O5S/c1-25-16-8-13(4-7-15(16)21)9-18-19-17(22)11-26-10-12-2-5-14(6-3-12)20(23)24/h2-9,21H,10-11H2,1H3,(H,19,22). The highest BCUT2D eigenvalue weighted by Crippen LogP contribution is 2.25. The summed E-state index contributed by atoms with van der Waals surface area (Å²) < 4.78 is 4.99. The Labute approximate surface area is 154 Å². The van der Waals surface area contributed by atoms with Gasteiger partial charge in [-0.3, -0.25) is 14.9 Å². The summed E-state index contributed by atoms with van der Waals surface area (Å²) in [6.07, 6.45) is 1.45. The second kappa shape index (κ2) is 9.42. The van der Waals surface area contributed by atoms with E-state index in [2.05, 4.69) is 10.5 Å². The molecule has 2 aromatic rings. The molecule has 8 nitrogen and oxygen atoms in total. The SMILES string of the molecule is COc1cc(C=NNC(=O)CSCc2ccc([N+](=O)[O-])cc2)ccc1O. The molecule has 0 saturated heterocycles. The maximum absolute atomic E-state index is 11.7. The van der Waals surface area contributed by atoms with Crippen LogP contribution in [-0.2, 0) is 10.5 Å². The van der Waals surface area contributed by atoms with E-state index in [4.69, 9.17) is 4.74 Å². The molecule has 0 unspecified atom stereocenters. The van der Waals surface area contributed by atoms with Gasteiger partial charge in [0, 0.05) is 17.9 Å². The van der Waals surface area contributed by atoms with Crippen molar-refractivity contribution in [2.75, 3.05) is 12.9 Å². The number of nitrogens with one attached hydrogen (secondary N) is 1. The quantitative estimate of drug-likeness (QED) is 0.416. The maximum Gasteiger partial charge on any atom is 0.269 e. The van der Waals surface area contributed by atoms with E-state index in [1.807, 2.05) is 0 Å². The van der Waals surface area contributed by atoms with Gasteiger partial charge in [0.25, 0.3) is 5.69 Å². The molecule has 0 radical (unpaired) electrons. The number of hydrogen-bond donors (Lipinski definition) is 2. The second-order valence-corrected chi connectivity index (χ2v) is 6.13. The van der Waals surface area contributed by atoms with E-state index in [0.29, 0.717) is 17.1 Å². The number of nitrogens with zero attached hydrogens (tertiary/aromatic N) is 2. The van der Waals surface area contributed by atoms with Crippen LogP contribution in [0.1, 0.15) is 11.1 Å². The van der Waals surface area contributed by atoms with Gasteiger partial charge in [-0.2, -0.15) is 5.10 Å². The average molecular weight is 375 g/mol. The number of carbonyl (C=O) groups excluding carboxylic acids is 1. The Morgan fingerprint density at radius 3 is 2.73 bits per heavy atom. The summed E-state index contributed by atoms with van der Waals surface area (Å²) in [5, 5.41) is 23.9. The molecule has 2 rings (SSSR count). The average Bonchev–Trinajstić information content (AvgIpc) is 2.63. The first kappa shape index (κ1) is 19.3. The molecule has 0 atom stereocenters. The Morgan fingerprint density at radius 2 is 2.08 bits per heavy atom. The van der Waals surface area contributed by atoms with Gasteiger partial charge < -0.3 is 9.84 Å². The Morgan fingerprint density at radius 1 is 1.35 bits per heavy atom. The van der Waals surface area contributed by atoms with Gasteiger partial charge in [-0.25, -0.2) is 5.43 Å². The van der Waals surface area contributed by atoms with E-state index in [-0.39, 0.29) is 23.1 Å². The summed E-state index contributed by atoms with van der Waals surface area (Å²) in [6.45, 7) is 0. The third-order valence-corrected chi connectivity index (χ3v) is 4.26. The van der Waals surface area contributed by atoms with Gasteiger partial charge in [0.2, 0.25) is 5.91 Å². The van der Waals surface area contributed by atoms with Gasteiger partial charge >= 0.3 is 0 Å². The number of ether oxygens (including phenoxy) is 1. The topological polar surface area (TPSA) is 114 Å². The molecule has 0 saturated carbocycles. The number of aromatic hydroxyl groups is 1. The van der Waals surface area contributed by atoms with E-state index in [1.165, 1.54) is 43.3 Å². The molecule has 0 fully saturated rings. The van der Waals surface area contributed by atoms with Crippen LogP contribution in [0.5, 0.6) is 11.5 Å². The lowest BCUT2D eigenvalue weighted by molar-refractivity contribution is -0.384. The molecule has 2 N–H and O–H groups in total. The zero-order valence-corrected chi connectivity index (χ0v) is 14.7. The third-order valence-electron chi connectivity index (χ3n) is 3.26. The molecule has 0 heterocycles. The van der Waals surface area contributed by atoms with Gasteiger partial charge in [-0.15, -0.1) is 11.8 Å². The summed E-state index contributed by atoms with van der Waals surface area (Å²) in [7, 11) is 1.44. The molecule has 0 aliphatic rings. The number of nitro groups is 1. The zero-order chi connectivity index (χ0) is 18.9. The molecule has 0 aliphatic heterocycles. The number of carbonyl (C=O) groups is 1. The monoisotopic (exact) mass is 375 g/mol. The fourth-order valence-corrected chi connectivity index (χ4v) is 2.74. The number of rotatable bonds is 8. The molecule has 1 amide bonds. The summed E-state index contributed by atoms with van der Waals surface area (Å²) in [4.78, 5) is 21.9. The third kappa shape index (κ3) is 5.78. The number of non-ortho nitro benzene ring substituents is 1. The normalized spacial score (nSPS) is 10.7. The highest BCUT2D eigenvalue weighted by Gasteiger charge is 2.05. The predicted octanol–water partition coefficient (Wildman–Crippen LogP) is 2.69. The minimum absolute atomic E-state index is 0.0244. The molecule has 2 aromatic carbocycles. The van der Waals surface area contributed by atoms with E-state index < -0.39 is 4.92 Å². The number of hydrogen-bond acceptors (Lipinski definition) is 7. The van der Waals surface area contributed by atoms with E-state index in [0.717, 1.165) is 5.56 Å². The fraction of sp³-hybridized carbons (Fsp3) is 0.176. The van der Waals surface area contributed by atoms with Crippen molar-refractivity contribution in [2.45, 2.75) is 5.75 Å². The minimum Gasteiger partial charge on any atom is -0.504 e. The van der Waals surface area contributed by atoms with Crippen molar-refractivity contribution in [1.82, 2.24) is 5.43 Å². The summed E-state index contributed by atoms with van der Waals surface area (Å²) in [5.41, 5.74) is 4.01. The van der Waals surface area contributed by atoms with Crippen LogP contribution in [0.4, 0.5) is 5.69 Å². The number of thioether (sulfide) groups is 1. The fourth-order valence-electron chi connectivity index (χ4n) is 1.96. The van der Waals surface area contributed by atoms with Crippen molar-refractivity contribution in [2.24, 2.45) is 5.10 Å². The summed E-state index contributed by atoms with van der Waals surface area (Å²) >= 11 is 1.37. The van der Waals surface area contributed by atoms with Crippen LogP contribution >= 0.6 is 11.8 Å². The second-order valence-electron chi connectivity index (χ2n) is 5.14. The lowest BCUT2D eigenvalue weighted by Gasteiger charge is -2.04. The maximum atomic E-state index is 11.7.